The Balaban J connectivity index is 1.16. The molecule has 0 fully saturated rings. The van der Waals surface area contributed by atoms with Crippen LogP contribution >= 0.6 is 0 Å². The van der Waals surface area contributed by atoms with E-state index < -0.39 is 36.3 Å². The highest BCUT2D eigenvalue weighted by molar-refractivity contribution is 6.13. The molecule has 0 N–H and O–H groups in total. The summed E-state index contributed by atoms with van der Waals surface area (Å²) in [5.74, 6) is 0.114. The normalized spacial score (nSPS) is 14.1. The molecule has 0 spiro atoms. The maximum absolute atomic E-state index is 9.32. The van der Waals surface area contributed by atoms with Gasteiger partial charge in [-0.05, 0) is 65.7 Å². The average Bonchev–Trinajstić information content (AvgIpc) is 3.96. The fourth-order valence-electron chi connectivity index (χ4n) is 6.75. The van der Waals surface area contributed by atoms with Gasteiger partial charge in [0.05, 0.1) is 11.0 Å². The summed E-state index contributed by atoms with van der Waals surface area (Å²) in [7, 11) is 0. The summed E-state index contributed by atoms with van der Waals surface area (Å²) < 4.78 is 88.6. The van der Waals surface area contributed by atoms with Crippen LogP contribution < -0.4 is 0 Å². The van der Waals surface area contributed by atoms with Gasteiger partial charge in [0.15, 0.2) is 17.5 Å². The second kappa shape index (κ2) is 10.7. The average molecular weight is 664 g/mol. The molecule has 0 amide bonds. The number of rotatable bonds is 4. The van der Waals surface area contributed by atoms with Crippen LogP contribution in [0.25, 0.3) is 111 Å². The van der Waals surface area contributed by atoms with E-state index in [0.717, 1.165) is 33.1 Å². The molecule has 0 unspecified atom stereocenters. The van der Waals surface area contributed by atoms with Crippen LogP contribution in [0, 0.1) is 0 Å². The summed E-state index contributed by atoms with van der Waals surface area (Å²) >= 11 is 0. The summed E-state index contributed by atoms with van der Waals surface area (Å²) in [6, 6.07) is 29.1. The van der Waals surface area contributed by atoms with Crippen molar-refractivity contribution in [2.24, 2.45) is 0 Å². The van der Waals surface area contributed by atoms with Crippen molar-refractivity contribution in [3.8, 4) is 45.3 Å². The first-order valence-electron chi connectivity index (χ1n) is 20.2. The molecular weight excluding hydrogens is 631 g/mol. The van der Waals surface area contributed by atoms with Gasteiger partial charge in [-0.15, -0.1) is 0 Å². The van der Waals surface area contributed by atoms with E-state index in [1.807, 2.05) is 78.9 Å². The van der Waals surface area contributed by atoms with E-state index in [1.54, 1.807) is 24.3 Å². The van der Waals surface area contributed by atoms with Gasteiger partial charge in [-0.3, -0.25) is 0 Å². The second-order valence-electron chi connectivity index (χ2n) is 12.1. The Hall–Kier alpha value is -7.05. The Morgan fingerprint density at radius 1 is 0.392 bits per heavy atom. The first-order valence-corrected chi connectivity index (χ1v) is 16.2. The molecule has 11 rings (SSSR count). The molecule has 0 aliphatic rings. The topological polar surface area (TPSA) is 78.1 Å². The smallest absolute Gasteiger partial charge is 0.164 e. The van der Waals surface area contributed by atoms with E-state index in [0.29, 0.717) is 33.1 Å². The van der Waals surface area contributed by atoms with Crippen LogP contribution in [0.5, 0.6) is 0 Å². The van der Waals surface area contributed by atoms with Crippen LogP contribution in [-0.4, -0.2) is 15.0 Å². The van der Waals surface area contributed by atoms with Crippen molar-refractivity contribution in [1.29, 1.82) is 0 Å². The largest absolute Gasteiger partial charge is 0.456 e. The number of fused-ring (bicyclic) bond motifs is 9. The lowest BCUT2D eigenvalue weighted by molar-refractivity contribution is 0.668. The number of furan rings is 3. The second-order valence-corrected chi connectivity index (χ2v) is 12.1. The fourth-order valence-corrected chi connectivity index (χ4v) is 6.75. The number of para-hydroxylation sites is 2. The molecule has 4 aromatic heterocycles. The van der Waals surface area contributed by atoms with Gasteiger partial charge in [0.25, 0.3) is 0 Å². The zero-order chi connectivity index (χ0) is 40.4. The lowest BCUT2D eigenvalue weighted by Gasteiger charge is -2.09. The lowest BCUT2D eigenvalue weighted by atomic mass is 9.99. The first-order chi connectivity index (χ1) is 28.6. The molecule has 0 radical (unpaired) electrons. The summed E-state index contributed by atoms with van der Waals surface area (Å²) in [6.07, 6.45) is 0. The maximum atomic E-state index is 9.32. The van der Waals surface area contributed by atoms with Crippen LogP contribution in [0.4, 0.5) is 0 Å². The van der Waals surface area contributed by atoms with Gasteiger partial charge in [0, 0.05) is 49.0 Å². The van der Waals surface area contributed by atoms with Gasteiger partial charge in [-0.1, -0.05) is 96.9 Å². The number of hydrogen-bond donors (Lipinski definition) is 0. The maximum Gasteiger partial charge on any atom is 0.164 e. The molecule has 0 saturated carbocycles. The van der Waals surface area contributed by atoms with E-state index in [1.165, 1.54) is 0 Å². The molecule has 238 valence electrons. The monoisotopic (exact) mass is 663 g/mol. The van der Waals surface area contributed by atoms with E-state index in [2.05, 4.69) is 0 Å². The zero-order valence-electron chi connectivity index (χ0n) is 34.4. The molecule has 4 heterocycles. The van der Waals surface area contributed by atoms with Crippen molar-refractivity contribution in [2.45, 2.75) is 0 Å². The minimum Gasteiger partial charge on any atom is -0.456 e. The minimum atomic E-state index is -0.521. The molecule has 0 bridgehead atoms. The number of nitrogens with zero attached hydrogens (tertiary/aromatic N) is 3. The van der Waals surface area contributed by atoms with Crippen LogP contribution in [0.1, 0.15) is 11.0 Å². The van der Waals surface area contributed by atoms with Crippen molar-refractivity contribution >= 4 is 65.8 Å². The summed E-state index contributed by atoms with van der Waals surface area (Å²) in [5.41, 5.74) is 4.72. The van der Waals surface area contributed by atoms with Gasteiger partial charge < -0.3 is 13.3 Å². The molecule has 7 aromatic carbocycles. The SMILES string of the molecule is [2H]c1ccc2oc3ccc(-c4ccc5c(c4)oc4ccccc45)cc3c2c1-c1nc(-c2ccccc2)nc(-c2c([2H])c([2H])c3c(oc4c([2H])c([2H])c([2H])c([2H])c43)c2[2H])n1. The minimum absolute atomic E-state index is 0.0656. The van der Waals surface area contributed by atoms with Crippen LogP contribution in [0.3, 0.4) is 0 Å². The van der Waals surface area contributed by atoms with Crippen molar-refractivity contribution in [2.75, 3.05) is 0 Å². The van der Waals surface area contributed by atoms with E-state index in [9.17, 15) is 4.11 Å². The Morgan fingerprint density at radius 3 is 2.02 bits per heavy atom. The highest BCUT2D eigenvalue weighted by atomic mass is 16.3. The van der Waals surface area contributed by atoms with Gasteiger partial charge in [0.1, 0.15) is 33.5 Å². The Morgan fingerprint density at radius 2 is 1.08 bits per heavy atom. The van der Waals surface area contributed by atoms with Gasteiger partial charge in [-0.25, -0.2) is 15.0 Å². The van der Waals surface area contributed by atoms with Gasteiger partial charge >= 0.3 is 0 Å². The fraction of sp³-hybridized carbons (Fsp3) is 0. The summed E-state index contributed by atoms with van der Waals surface area (Å²) in [6.45, 7) is 0. The van der Waals surface area contributed by atoms with Gasteiger partial charge in [0.2, 0.25) is 0 Å². The third kappa shape index (κ3) is 4.40. The summed E-state index contributed by atoms with van der Waals surface area (Å²) in [4.78, 5) is 14.4. The number of benzene rings is 7. The van der Waals surface area contributed by atoms with Crippen LogP contribution in [-0.2, 0) is 0 Å². The van der Waals surface area contributed by atoms with E-state index >= 15 is 0 Å². The van der Waals surface area contributed by atoms with Crippen molar-refractivity contribution in [3.05, 3.63) is 151 Å². The Kier molecular flexibility index (Phi) is 4.44. The molecule has 0 aliphatic carbocycles. The van der Waals surface area contributed by atoms with Crippen molar-refractivity contribution < 1.29 is 24.2 Å². The van der Waals surface area contributed by atoms with E-state index in [4.69, 9.17) is 35.1 Å². The van der Waals surface area contributed by atoms with Crippen molar-refractivity contribution in [1.82, 2.24) is 15.0 Å². The molecule has 0 saturated heterocycles. The molecule has 6 nitrogen and oxygen atoms in total. The quantitative estimate of drug-likeness (QED) is 0.186. The Bertz CT molecular complexity index is 3620. The summed E-state index contributed by atoms with van der Waals surface area (Å²) in [5, 5.41) is 3.15. The third-order valence-corrected chi connectivity index (χ3v) is 9.14. The predicted octanol–water partition coefficient (Wildman–Crippen LogP) is 12.2. The molecule has 6 heteroatoms. The molecular formula is C45H25N3O3. The number of aromatic nitrogens is 3. The third-order valence-electron chi connectivity index (χ3n) is 9.14. The standard InChI is InChI=1S/C45H25N3O3/c1-2-9-26(10-3-1)43-46-44(29-18-21-33-31-12-5-7-15-37(31)51-41(33)25-29)48-45(47-43)34-13-8-16-39-42(34)35-23-27(19-22-38(35)49-39)28-17-20-32-30-11-4-6-14-36(30)50-40(32)24-28/h1-25H/i5D,7D,12D,13D,15D,18D,21D,25D. The lowest BCUT2D eigenvalue weighted by Crippen LogP contribution is -2.00. The predicted molar refractivity (Wildman–Crippen MR) is 203 cm³/mol. The molecule has 11 aromatic rings. The van der Waals surface area contributed by atoms with Crippen LogP contribution in [0.2, 0.25) is 0 Å². The molecule has 0 atom stereocenters. The highest BCUT2D eigenvalue weighted by Gasteiger charge is 2.19. The van der Waals surface area contributed by atoms with Crippen molar-refractivity contribution in [3.63, 3.8) is 0 Å². The van der Waals surface area contributed by atoms with Gasteiger partial charge in [-0.2, -0.15) is 0 Å². The first kappa shape index (κ1) is 21.1. The highest BCUT2D eigenvalue weighted by Crippen LogP contribution is 2.40. The molecule has 0 aliphatic heterocycles. The van der Waals surface area contributed by atoms with E-state index in [-0.39, 0.29) is 57.1 Å². The zero-order valence-corrected chi connectivity index (χ0v) is 26.4. The van der Waals surface area contributed by atoms with Crippen LogP contribution in [0.15, 0.2) is 165 Å². The Labute approximate surface area is 301 Å². The number of hydrogen-bond acceptors (Lipinski definition) is 6. The molecule has 51 heavy (non-hydrogen) atoms.